The Hall–Kier alpha value is -0.380. The molecule has 0 amide bonds. The maximum absolute atomic E-state index is 6.16. The van der Waals surface area contributed by atoms with E-state index in [0.717, 1.165) is 35.9 Å². The molecule has 0 bridgehead atoms. The van der Waals surface area contributed by atoms with Crippen LogP contribution in [0.2, 0.25) is 5.02 Å². The minimum atomic E-state index is 0.716. The minimum Gasteiger partial charge on any atom is -0.399 e. The Labute approximate surface area is 106 Å². The molecule has 0 radical (unpaired) electrons. The van der Waals surface area contributed by atoms with Crippen molar-refractivity contribution in [3.63, 3.8) is 0 Å². The van der Waals surface area contributed by atoms with E-state index in [4.69, 9.17) is 17.3 Å². The molecule has 4 heteroatoms. The Balaban J connectivity index is 2.05. The second-order valence-electron chi connectivity index (χ2n) is 4.27. The molecule has 1 saturated heterocycles. The molecule has 1 aromatic rings. The van der Waals surface area contributed by atoms with Gasteiger partial charge in [0.05, 0.1) is 0 Å². The van der Waals surface area contributed by atoms with Gasteiger partial charge in [-0.05, 0) is 23.8 Å². The van der Waals surface area contributed by atoms with Crippen molar-refractivity contribution in [2.75, 3.05) is 24.6 Å². The standard InChI is InChI=1S/C12H17ClN2S/c1-9-7-15(4-5-16-9)8-10-6-11(14)2-3-12(10)13/h2-3,6,9H,4-5,7-8,14H2,1H3. The molecule has 1 atom stereocenters. The average molecular weight is 257 g/mol. The van der Waals surface area contributed by atoms with Gasteiger partial charge in [-0.15, -0.1) is 0 Å². The summed E-state index contributed by atoms with van der Waals surface area (Å²) in [5.41, 5.74) is 7.71. The van der Waals surface area contributed by atoms with Crippen molar-refractivity contribution >= 4 is 29.1 Å². The Morgan fingerprint density at radius 1 is 1.56 bits per heavy atom. The summed E-state index contributed by atoms with van der Waals surface area (Å²) < 4.78 is 0. The molecule has 16 heavy (non-hydrogen) atoms. The summed E-state index contributed by atoms with van der Waals surface area (Å²) >= 11 is 8.20. The second kappa shape index (κ2) is 5.30. The fourth-order valence-corrected chi connectivity index (χ4v) is 3.25. The first-order valence-electron chi connectivity index (χ1n) is 5.53. The molecule has 0 aliphatic carbocycles. The zero-order valence-corrected chi connectivity index (χ0v) is 11.0. The third kappa shape index (κ3) is 3.06. The van der Waals surface area contributed by atoms with E-state index in [1.54, 1.807) is 0 Å². The molecule has 1 heterocycles. The lowest BCUT2D eigenvalue weighted by atomic mass is 10.2. The SMILES string of the molecule is CC1CN(Cc2cc(N)ccc2Cl)CCS1. The highest BCUT2D eigenvalue weighted by molar-refractivity contribution is 7.99. The summed E-state index contributed by atoms with van der Waals surface area (Å²) in [6.45, 7) is 5.46. The predicted molar refractivity (Wildman–Crippen MR) is 73.1 cm³/mol. The maximum atomic E-state index is 6.16. The maximum Gasteiger partial charge on any atom is 0.0452 e. The van der Waals surface area contributed by atoms with Crippen molar-refractivity contribution < 1.29 is 0 Å². The van der Waals surface area contributed by atoms with E-state index in [9.17, 15) is 0 Å². The monoisotopic (exact) mass is 256 g/mol. The van der Waals surface area contributed by atoms with Crippen LogP contribution in [0.1, 0.15) is 12.5 Å². The van der Waals surface area contributed by atoms with Crippen molar-refractivity contribution in [2.24, 2.45) is 0 Å². The molecule has 1 unspecified atom stereocenters. The van der Waals surface area contributed by atoms with Crippen molar-refractivity contribution in [1.29, 1.82) is 0 Å². The normalized spacial score (nSPS) is 22.2. The highest BCUT2D eigenvalue weighted by Gasteiger charge is 2.17. The van der Waals surface area contributed by atoms with Crippen LogP contribution in [-0.4, -0.2) is 29.0 Å². The molecule has 1 aliphatic heterocycles. The Morgan fingerprint density at radius 3 is 3.12 bits per heavy atom. The van der Waals surface area contributed by atoms with E-state index in [-0.39, 0.29) is 0 Å². The van der Waals surface area contributed by atoms with Crippen LogP contribution in [0.25, 0.3) is 0 Å². The lowest BCUT2D eigenvalue weighted by Gasteiger charge is -2.30. The Kier molecular flexibility index (Phi) is 4.00. The average Bonchev–Trinajstić information content (AvgIpc) is 2.24. The van der Waals surface area contributed by atoms with Crippen molar-refractivity contribution in [3.8, 4) is 0 Å². The molecule has 0 spiro atoms. The number of nitrogens with two attached hydrogens (primary N) is 1. The van der Waals surface area contributed by atoms with Crippen LogP contribution in [0.5, 0.6) is 0 Å². The third-order valence-electron chi connectivity index (χ3n) is 2.79. The van der Waals surface area contributed by atoms with Gasteiger partial charge in [-0.25, -0.2) is 0 Å². The van der Waals surface area contributed by atoms with E-state index < -0.39 is 0 Å². The fourth-order valence-electron chi connectivity index (χ4n) is 1.99. The molecule has 88 valence electrons. The zero-order valence-electron chi connectivity index (χ0n) is 9.45. The van der Waals surface area contributed by atoms with Crippen LogP contribution in [0.4, 0.5) is 5.69 Å². The molecule has 2 rings (SSSR count). The van der Waals surface area contributed by atoms with Gasteiger partial charge in [0.2, 0.25) is 0 Å². The predicted octanol–water partition coefficient (Wildman–Crippen LogP) is 2.86. The molecule has 2 N–H and O–H groups in total. The van der Waals surface area contributed by atoms with Crippen molar-refractivity contribution in [2.45, 2.75) is 18.7 Å². The summed E-state index contributed by atoms with van der Waals surface area (Å²) in [5.74, 6) is 1.21. The number of nitrogen functional groups attached to an aromatic ring is 1. The zero-order chi connectivity index (χ0) is 11.5. The smallest absolute Gasteiger partial charge is 0.0452 e. The number of thioether (sulfide) groups is 1. The molecule has 1 aromatic carbocycles. The molecular formula is C12H17ClN2S. The summed E-state index contributed by atoms with van der Waals surface area (Å²) in [4.78, 5) is 2.45. The van der Waals surface area contributed by atoms with Gasteiger partial charge < -0.3 is 5.73 Å². The van der Waals surface area contributed by atoms with Gasteiger partial charge in [0.1, 0.15) is 0 Å². The van der Waals surface area contributed by atoms with Gasteiger partial charge in [-0.1, -0.05) is 18.5 Å². The molecule has 0 aromatic heterocycles. The third-order valence-corrected chi connectivity index (χ3v) is 4.29. The van der Waals surface area contributed by atoms with Crippen LogP contribution in [-0.2, 0) is 6.54 Å². The van der Waals surface area contributed by atoms with Gasteiger partial charge in [-0.3, -0.25) is 4.90 Å². The van der Waals surface area contributed by atoms with E-state index in [0.29, 0.717) is 5.25 Å². The summed E-state index contributed by atoms with van der Waals surface area (Å²) in [7, 11) is 0. The Bertz CT molecular complexity index is 370. The van der Waals surface area contributed by atoms with Crippen LogP contribution < -0.4 is 5.73 Å². The molecule has 1 fully saturated rings. The highest BCUT2D eigenvalue weighted by Crippen LogP contribution is 2.24. The van der Waals surface area contributed by atoms with Crippen molar-refractivity contribution in [3.05, 3.63) is 28.8 Å². The molecular weight excluding hydrogens is 240 g/mol. The number of benzene rings is 1. The summed E-state index contributed by atoms with van der Waals surface area (Å²) in [5, 5.41) is 1.54. The lowest BCUT2D eigenvalue weighted by Crippen LogP contribution is -2.36. The van der Waals surface area contributed by atoms with Gasteiger partial charge in [0.25, 0.3) is 0 Å². The second-order valence-corrected chi connectivity index (χ2v) is 6.22. The summed E-state index contributed by atoms with van der Waals surface area (Å²) in [6.07, 6.45) is 0. The topological polar surface area (TPSA) is 29.3 Å². The molecule has 2 nitrogen and oxygen atoms in total. The number of nitrogens with zero attached hydrogens (tertiary/aromatic N) is 1. The van der Waals surface area contributed by atoms with Gasteiger partial charge in [0.15, 0.2) is 0 Å². The van der Waals surface area contributed by atoms with Crippen LogP contribution in [0.3, 0.4) is 0 Å². The lowest BCUT2D eigenvalue weighted by molar-refractivity contribution is 0.278. The first-order chi connectivity index (χ1) is 7.65. The quantitative estimate of drug-likeness (QED) is 0.825. The number of hydrogen-bond acceptors (Lipinski definition) is 3. The largest absolute Gasteiger partial charge is 0.399 e. The number of hydrogen-bond donors (Lipinski definition) is 1. The van der Waals surface area contributed by atoms with Gasteiger partial charge in [-0.2, -0.15) is 11.8 Å². The number of halogens is 1. The van der Waals surface area contributed by atoms with E-state index in [1.807, 2.05) is 30.0 Å². The van der Waals surface area contributed by atoms with Crippen molar-refractivity contribution in [1.82, 2.24) is 4.90 Å². The highest BCUT2D eigenvalue weighted by atomic mass is 35.5. The van der Waals surface area contributed by atoms with Crippen LogP contribution in [0.15, 0.2) is 18.2 Å². The fraction of sp³-hybridized carbons (Fsp3) is 0.500. The first kappa shape index (κ1) is 12.1. The van der Waals surface area contributed by atoms with E-state index in [1.165, 1.54) is 5.75 Å². The number of anilines is 1. The summed E-state index contributed by atoms with van der Waals surface area (Å²) in [6, 6.07) is 5.71. The Morgan fingerprint density at radius 2 is 2.38 bits per heavy atom. The molecule has 1 aliphatic rings. The number of rotatable bonds is 2. The van der Waals surface area contributed by atoms with Gasteiger partial charge >= 0.3 is 0 Å². The van der Waals surface area contributed by atoms with Crippen LogP contribution >= 0.6 is 23.4 Å². The first-order valence-corrected chi connectivity index (χ1v) is 6.95. The molecule has 0 saturated carbocycles. The minimum absolute atomic E-state index is 0.716. The van der Waals surface area contributed by atoms with E-state index >= 15 is 0 Å². The van der Waals surface area contributed by atoms with E-state index in [2.05, 4.69) is 11.8 Å². The van der Waals surface area contributed by atoms with Gasteiger partial charge in [0, 0.05) is 41.3 Å². The van der Waals surface area contributed by atoms with Crippen LogP contribution in [0, 0.1) is 0 Å².